The Morgan fingerprint density at radius 2 is 1.07 bits per heavy atom. The van der Waals surface area contributed by atoms with Gasteiger partial charge in [-0.15, -0.1) is 0 Å². The summed E-state index contributed by atoms with van der Waals surface area (Å²) in [5.74, 6) is 0. The van der Waals surface area contributed by atoms with Crippen molar-refractivity contribution < 1.29 is 0 Å². The molecule has 0 bridgehead atoms. The summed E-state index contributed by atoms with van der Waals surface area (Å²) in [4.78, 5) is 4.34. The third kappa shape index (κ3) is 3.31. The Kier molecular flexibility index (Phi) is 5.38. The summed E-state index contributed by atoms with van der Waals surface area (Å²) in [6.45, 7) is 0. The predicted molar refractivity (Wildman–Crippen MR) is 127 cm³/mol. The van der Waals surface area contributed by atoms with Crippen LogP contribution in [-0.4, -0.2) is 4.98 Å². The van der Waals surface area contributed by atoms with Gasteiger partial charge in [0, 0.05) is 0 Å². The van der Waals surface area contributed by atoms with Crippen molar-refractivity contribution in [2.75, 3.05) is 0 Å². The van der Waals surface area contributed by atoms with Gasteiger partial charge >= 0.3 is 179 Å². The van der Waals surface area contributed by atoms with Gasteiger partial charge < -0.3 is 0 Å². The van der Waals surface area contributed by atoms with Crippen molar-refractivity contribution in [1.82, 2.24) is 4.98 Å². The van der Waals surface area contributed by atoms with Gasteiger partial charge in [0.1, 0.15) is 0 Å². The fourth-order valence-electron chi connectivity index (χ4n) is 3.78. The summed E-state index contributed by atoms with van der Waals surface area (Å²) in [5, 5.41) is 1.42. The fourth-order valence-corrected chi connectivity index (χ4v) is 11.6. The zero-order valence-electron chi connectivity index (χ0n) is 15.2. The molecule has 140 valence electrons. The minimum atomic E-state index is -2.97. The summed E-state index contributed by atoms with van der Waals surface area (Å²) < 4.78 is 0. The van der Waals surface area contributed by atoms with Gasteiger partial charge in [0.05, 0.1) is 0 Å². The summed E-state index contributed by atoms with van der Waals surface area (Å²) in [6.07, 6.45) is 2.70. The SMILES string of the molecule is Clc1ccc(CP(Br)(c2ccccc2)(c2ccccc2)c2ccccc2)cn1. The Labute approximate surface area is 179 Å². The van der Waals surface area contributed by atoms with Crippen molar-refractivity contribution >= 4 is 48.3 Å². The molecule has 1 heterocycles. The van der Waals surface area contributed by atoms with Crippen LogP contribution in [0.15, 0.2) is 109 Å². The Morgan fingerprint density at radius 3 is 1.43 bits per heavy atom. The zero-order valence-corrected chi connectivity index (χ0v) is 18.5. The van der Waals surface area contributed by atoms with Gasteiger partial charge in [0.15, 0.2) is 0 Å². The molecule has 0 N–H and O–H groups in total. The van der Waals surface area contributed by atoms with Crippen LogP contribution in [0.1, 0.15) is 5.56 Å². The van der Waals surface area contributed by atoms with E-state index in [-0.39, 0.29) is 0 Å². The van der Waals surface area contributed by atoms with Crippen LogP contribution in [0.5, 0.6) is 0 Å². The first kappa shape index (κ1) is 19.3. The molecule has 0 spiro atoms. The molecule has 0 radical (unpaired) electrons. The van der Waals surface area contributed by atoms with E-state index in [2.05, 4.69) is 118 Å². The molecule has 0 unspecified atom stereocenters. The van der Waals surface area contributed by atoms with Gasteiger partial charge in [-0.25, -0.2) is 0 Å². The summed E-state index contributed by atoms with van der Waals surface area (Å²) in [6, 6.07) is 36.2. The first-order valence-corrected chi connectivity index (χ1v) is 13.9. The van der Waals surface area contributed by atoms with E-state index in [1.54, 1.807) is 0 Å². The maximum atomic E-state index is 6.06. The normalized spacial score (nSPS) is 12.9. The van der Waals surface area contributed by atoms with E-state index >= 15 is 0 Å². The van der Waals surface area contributed by atoms with E-state index in [9.17, 15) is 0 Å². The van der Waals surface area contributed by atoms with Crippen LogP contribution in [0.25, 0.3) is 0 Å². The van der Waals surface area contributed by atoms with Crippen molar-refractivity contribution in [2.24, 2.45) is 0 Å². The van der Waals surface area contributed by atoms with E-state index in [0.29, 0.717) is 5.15 Å². The van der Waals surface area contributed by atoms with Crippen LogP contribution in [0.3, 0.4) is 0 Å². The maximum absolute atomic E-state index is 6.06. The minimum absolute atomic E-state index is 0.512. The van der Waals surface area contributed by atoms with Crippen LogP contribution in [0.4, 0.5) is 0 Å². The van der Waals surface area contributed by atoms with E-state index < -0.39 is 5.31 Å². The van der Waals surface area contributed by atoms with Crippen LogP contribution >= 0.6 is 32.4 Å². The van der Waals surface area contributed by atoms with Gasteiger partial charge in [0.25, 0.3) is 0 Å². The number of halogens is 2. The number of rotatable bonds is 5. The van der Waals surface area contributed by atoms with Gasteiger partial charge in [-0.05, 0) is 0 Å². The van der Waals surface area contributed by atoms with Gasteiger partial charge in [-0.3, -0.25) is 0 Å². The Morgan fingerprint density at radius 1 is 0.643 bits per heavy atom. The number of hydrogen-bond donors (Lipinski definition) is 0. The van der Waals surface area contributed by atoms with Crippen LogP contribution in [-0.2, 0) is 6.16 Å². The monoisotopic (exact) mass is 467 g/mol. The van der Waals surface area contributed by atoms with E-state index in [0.717, 1.165) is 11.7 Å². The number of pyridine rings is 1. The standard InChI is InChI=1S/C24H20BrClNP/c25-28(21-10-4-1-5-11-21,22-12-6-2-7-13-22,23-14-8-3-9-15-23)19-20-16-17-24(26)27-18-20/h1-18H,19H2. The van der Waals surface area contributed by atoms with Gasteiger partial charge in [0.2, 0.25) is 0 Å². The molecule has 1 aromatic heterocycles. The molecule has 4 aromatic rings. The van der Waals surface area contributed by atoms with Crippen LogP contribution < -0.4 is 15.9 Å². The second-order valence-corrected chi connectivity index (χ2v) is 16.2. The van der Waals surface area contributed by atoms with Crippen molar-refractivity contribution in [3.63, 3.8) is 0 Å². The molecule has 0 saturated heterocycles. The average molecular weight is 469 g/mol. The molecule has 0 aliphatic rings. The van der Waals surface area contributed by atoms with E-state index in [1.807, 2.05) is 12.3 Å². The van der Waals surface area contributed by atoms with Crippen molar-refractivity contribution in [3.8, 4) is 0 Å². The molecule has 0 saturated carbocycles. The number of nitrogens with zero attached hydrogens (tertiary/aromatic N) is 1. The van der Waals surface area contributed by atoms with Crippen LogP contribution in [0, 0.1) is 0 Å². The zero-order chi connectivity index (χ0) is 19.5. The summed E-state index contributed by atoms with van der Waals surface area (Å²) in [5.41, 5.74) is 1.15. The van der Waals surface area contributed by atoms with E-state index in [1.165, 1.54) is 15.9 Å². The quantitative estimate of drug-likeness (QED) is 0.256. The van der Waals surface area contributed by atoms with Crippen molar-refractivity contribution in [3.05, 3.63) is 120 Å². The fraction of sp³-hybridized carbons (Fsp3) is 0.0417. The molecule has 4 rings (SSSR count). The second-order valence-electron chi connectivity index (χ2n) is 6.84. The molecule has 28 heavy (non-hydrogen) atoms. The Bertz CT molecular complexity index is 955. The Hall–Kier alpha value is -1.99. The number of hydrogen-bond acceptors (Lipinski definition) is 1. The third-order valence-corrected chi connectivity index (χ3v) is 14.9. The third-order valence-electron chi connectivity index (χ3n) is 5.15. The molecule has 3 aromatic carbocycles. The second kappa shape index (κ2) is 7.79. The first-order chi connectivity index (χ1) is 13.6. The number of aromatic nitrogens is 1. The van der Waals surface area contributed by atoms with Gasteiger partial charge in [-0.1, -0.05) is 0 Å². The van der Waals surface area contributed by atoms with E-state index in [4.69, 9.17) is 11.6 Å². The summed E-state index contributed by atoms with van der Waals surface area (Å²) in [7, 11) is 0. The van der Waals surface area contributed by atoms with Crippen LogP contribution in [0.2, 0.25) is 5.15 Å². The molecular formula is C24H20BrClNP. The van der Waals surface area contributed by atoms with Crippen molar-refractivity contribution in [2.45, 2.75) is 6.16 Å². The molecule has 0 atom stereocenters. The molecule has 1 nitrogen and oxygen atoms in total. The average Bonchev–Trinajstić information content (AvgIpc) is 2.77. The summed E-state index contributed by atoms with van der Waals surface area (Å²) >= 11 is 10.5. The molecule has 4 heteroatoms. The molecule has 0 aliphatic heterocycles. The molecule has 0 aliphatic carbocycles. The first-order valence-electron chi connectivity index (χ1n) is 9.11. The molecule has 0 amide bonds. The van der Waals surface area contributed by atoms with Gasteiger partial charge in [-0.2, -0.15) is 0 Å². The van der Waals surface area contributed by atoms with Crippen molar-refractivity contribution in [1.29, 1.82) is 0 Å². The topological polar surface area (TPSA) is 12.9 Å². The predicted octanol–water partition coefficient (Wildman–Crippen LogP) is 6.07. The number of benzene rings is 3. The molecular weight excluding hydrogens is 449 g/mol. The molecule has 0 fully saturated rings. The Balaban J connectivity index is 2.07.